The van der Waals surface area contributed by atoms with Gasteiger partial charge in [0.2, 0.25) is 0 Å². The second-order valence-corrected chi connectivity index (χ2v) is 10.7. The molecule has 2 fully saturated rings. The molecule has 6 heteroatoms. The van der Waals surface area contributed by atoms with Crippen LogP contribution in [0.2, 0.25) is 0 Å². The van der Waals surface area contributed by atoms with Crippen LogP contribution in [0, 0.1) is 0 Å². The normalized spacial score (nSPS) is 23.0. The number of fused-ring (bicyclic) bond motifs is 1. The number of halogens is 4. The fourth-order valence-corrected chi connectivity index (χ4v) is 6.19. The predicted octanol–water partition coefficient (Wildman–Crippen LogP) is 8.28. The third-order valence-corrected chi connectivity index (χ3v) is 8.10. The second kappa shape index (κ2) is 8.54. The van der Waals surface area contributed by atoms with Crippen LogP contribution in [0.1, 0.15) is 123 Å². The number of alkyl halides is 4. The lowest BCUT2D eigenvalue weighted by atomic mass is 9.71. The second-order valence-electron chi connectivity index (χ2n) is 10.7. The Morgan fingerprint density at radius 3 is 2.18 bits per heavy atom. The van der Waals surface area contributed by atoms with E-state index in [-0.39, 0.29) is 23.0 Å². The number of hydrogen-bond acceptors (Lipinski definition) is 2. The van der Waals surface area contributed by atoms with Gasteiger partial charge in [0.1, 0.15) is 11.4 Å². The molecule has 1 N–H and O–H groups in total. The third kappa shape index (κ3) is 4.02. The summed E-state index contributed by atoms with van der Waals surface area (Å²) in [4.78, 5) is 0. The molecular formula is C28H32F4O2. The topological polar surface area (TPSA) is 29.5 Å². The van der Waals surface area contributed by atoms with Gasteiger partial charge in [-0.2, -0.15) is 13.2 Å². The molecule has 1 heterocycles. The zero-order chi connectivity index (χ0) is 24.3. The fourth-order valence-electron chi connectivity index (χ4n) is 6.19. The number of benzene rings is 2. The van der Waals surface area contributed by atoms with E-state index in [2.05, 4.69) is 0 Å². The standard InChI is InChI=1S/C28H32F4O2/c1-16(2)20-14-22-25(21(33)15-27(34-22)12-5-13-27)23(17-6-3-4-7-17)24(20)26(29)18-8-10-19(11-9-18)28(30,31)32/h8-11,14,16-17,21,26,33H,3-7,12-13,15H2,1-2H3/t21-,26+/m0/s1. The van der Waals surface area contributed by atoms with E-state index in [1.54, 1.807) is 0 Å². The molecule has 5 rings (SSSR count). The van der Waals surface area contributed by atoms with E-state index < -0.39 is 24.0 Å². The summed E-state index contributed by atoms with van der Waals surface area (Å²) in [5.41, 5.74) is 1.98. The minimum absolute atomic E-state index is 0.00633. The van der Waals surface area contributed by atoms with Crippen LogP contribution in [-0.4, -0.2) is 10.7 Å². The molecule has 0 bridgehead atoms. The highest BCUT2D eigenvalue weighted by molar-refractivity contribution is 5.57. The summed E-state index contributed by atoms with van der Waals surface area (Å²) in [5.74, 6) is 0.782. The summed E-state index contributed by atoms with van der Waals surface area (Å²) in [7, 11) is 0. The summed E-state index contributed by atoms with van der Waals surface area (Å²) in [6.45, 7) is 4.00. The zero-order valence-corrected chi connectivity index (χ0v) is 19.7. The molecule has 2 atom stereocenters. The first-order valence-corrected chi connectivity index (χ1v) is 12.5. The van der Waals surface area contributed by atoms with Crippen molar-refractivity contribution in [3.8, 4) is 5.75 Å². The highest BCUT2D eigenvalue weighted by atomic mass is 19.4. The van der Waals surface area contributed by atoms with Crippen LogP contribution in [0.25, 0.3) is 0 Å². The molecule has 2 saturated carbocycles. The first-order chi connectivity index (χ1) is 16.1. The Labute approximate surface area is 198 Å². The molecule has 2 aromatic rings. The zero-order valence-electron chi connectivity index (χ0n) is 19.7. The van der Waals surface area contributed by atoms with E-state index in [0.29, 0.717) is 23.3 Å². The van der Waals surface area contributed by atoms with Crippen molar-refractivity contribution >= 4 is 0 Å². The molecule has 34 heavy (non-hydrogen) atoms. The molecule has 2 aromatic carbocycles. The maximum absolute atomic E-state index is 16.4. The van der Waals surface area contributed by atoms with Crippen LogP contribution in [0.4, 0.5) is 17.6 Å². The number of aliphatic hydroxyl groups is 1. The first kappa shape index (κ1) is 23.7. The Morgan fingerprint density at radius 2 is 1.65 bits per heavy atom. The lowest BCUT2D eigenvalue weighted by Crippen LogP contribution is -2.47. The van der Waals surface area contributed by atoms with Crippen LogP contribution >= 0.6 is 0 Å². The summed E-state index contributed by atoms with van der Waals surface area (Å²) in [5, 5.41) is 11.3. The Balaban J connectivity index is 1.67. The van der Waals surface area contributed by atoms with Crippen molar-refractivity contribution in [2.75, 3.05) is 0 Å². The van der Waals surface area contributed by atoms with Gasteiger partial charge in [0.05, 0.1) is 11.7 Å². The molecule has 2 aliphatic carbocycles. The average Bonchev–Trinajstić information content (AvgIpc) is 3.30. The number of hydrogen-bond donors (Lipinski definition) is 1. The van der Waals surface area contributed by atoms with Crippen LogP contribution in [-0.2, 0) is 6.18 Å². The van der Waals surface area contributed by atoms with E-state index in [1.807, 2.05) is 19.9 Å². The monoisotopic (exact) mass is 476 g/mol. The summed E-state index contributed by atoms with van der Waals surface area (Å²) in [6, 6.07) is 6.27. The minimum Gasteiger partial charge on any atom is -0.487 e. The van der Waals surface area contributed by atoms with Gasteiger partial charge in [0.25, 0.3) is 0 Å². The molecule has 0 unspecified atom stereocenters. The Bertz CT molecular complexity index is 1050. The van der Waals surface area contributed by atoms with Gasteiger partial charge in [-0.05, 0) is 84.4 Å². The van der Waals surface area contributed by atoms with Crippen molar-refractivity contribution in [1.82, 2.24) is 0 Å². The lowest BCUT2D eigenvalue weighted by Gasteiger charge is -2.48. The third-order valence-electron chi connectivity index (χ3n) is 8.10. The molecular weight excluding hydrogens is 444 g/mol. The molecule has 0 aromatic heterocycles. The van der Waals surface area contributed by atoms with Gasteiger partial charge in [-0.25, -0.2) is 4.39 Å². The molecule has 184 valence electrons. The number of ether oxygens (including phenoxy) is 1. The van der Waals surface area contributed by atoms with E-state index >= 15 is 4.39 Å². The maximum atomic E-state index is 16.4. The van der Waals surface area contributed by atoms with Crippen molar-refractivity contribution < 1.29 is 27.4 Å². The molecule has 0 amide bonds. The predicted molar refractivity (Wildman–Crippen MR) is 123 cm³/mol. The number of aliphatic hydroxyl groups excluding tert-OH is 1. The first-order valence-electron chi connectivity index (χ1n) is 12.5. The van der Waals surface area contributed by atoms with Crippen molar-refractivity contribution in [3.05, 3.63) is 63.7 Å². The van der Waals surface area contributed by atoms with Gasteiger partial charge in [-0.3, -0.25) is 0 Å². The van der Waals surface area contributed by atoms with E-state index in [0.717, 1.165) is 68.2 Å². The van der Waals surface area contributed by atoms with Crippen LogP contribution in [0.15, 0.2) is 30.3 Å². The Morgan fingerprint density at radius 1 is 1.00 bits per heavy atom. The van der Waals surface area contributed by atoms with Crippen molar-refractivity contribution in [1.29, 1.82) is 0 Å². The lowest BCUT2D eigenvalue weighted by molar-refractivity contribution is -0.137. The van der Waals surface area contributed by atoms with E-state index in [1.165, 1.54) is 12.1 Å². The molecule has 1 spiro atoms. The Hall–Kier alpha value is -2.08. The fraction of sp³-hybridized carbons (Fsp3) is 0.571. The van der Waals surface area contributed by atoms with Crippen LogP contribution in [0.3, 0.4) is 0 Å². The van der Waals surface area contributed by atoms with Gasteiger partial charge in [0, 0.05) is 12.0 Å². The van der Waals surface area contributed by atoms with Crippen molar-refractivity contribution in [2.45, 2.75) is 101 Å². The summed E-state index contributed by atoms with van der Waals surface area (Å²) in [6.07, 6.45) is 0.573. The molecule has 0 radical (unpaired) electrons. The summed E-state index contributed by atoms with van der Waals surface area (Å²) >= 11 is 0. The molecule has 3 aliphatic rings. The SMILES string of the molecule is CC(C)c1cc2c(c(C3CCCC3)c1[C@H](F)c1ccc(C(F)(F)F)cc1)[C@@H](O)CC1(CCC1)O2. The smallest absolute Gasteiger partial charge is 0.416 e. The van der Waals surface area contributed by atoms with Gasteiger partial charge in [0.15, 0.2) is 6.17 Å². The van der Waals surface area contributed by atoms with Gasteiger partial charge in [-0.1, -0.05) is 38.8 Å². The number of rotatable bonds is 4. The molecule has 2 nitrogen and oxygen atoms in total. The minimum atomic E-state index is -4.47. The quantitative estimate of drug-likeness (QED) is 0.450. The van der Waals surface area contributed by atoms with E-state index in [4.69, 9.17) is 4.74 Å². The van der Waals surface area contributed by atoms with Crippen molar-refractivity contribution in [2.24, 2.45) is 0 Å². The van der Waals surface area contributed by atoms with Crippen LogP contribution in [0.5, 0.6) is 5.75 Å². The van der Waals surface area contributed by atoms with Gasteiger partial charge >= 0.3 is 6.18 Å². The van der Waals surface area contributed by atoms with Gasteiger partial charge in [-0.15, -0.1) is 0 Å². The highest BCUT2D eigenvalue weighted by Crippen LogP contribution is 2.55. The van der Waals surface area contributed by atoms with Crippen molar-refractivity contribution in [3.63, 3.8) is 0 Å². The molecule has 1 aliphatic heterocycles. The highest BCUT2D eigenvalue weighted by Gasteiger charge is 2.47. The largest absolute Gasteiger partial charge is 0.487 e. The van der Waals surface area contributed by atoms with E-state index in [9.17, 15) is 18.3 Å². The van der Waals surface area contributed by atoms with Gasteiger partial charge < -0.3 is 9.84 Å². The average molecular weight is 477 g/mol. The Kier molecular flexibility index (Phi) is 5.94. The molecule has 0 saturated heterocycles. The van der Waals surface area contributed by atoms with Crippen LogP contribution < -0.4 is 4.74 Å². The maximum Gasteiger partial charge on any atom is 0.416 e. The summed E-state index contributed by atoms with van der Waals surface area (Å²) < 4.78 is 62.1.